The van der Waals surface area contributed by atoms with Crippen molar-refractivity contribution in [2.24, 2.45) is 0 Å². The molecule has 2 heterocycles. The van der Waals surface area contributed by atoms with E-state index in [1.165, 1.54) is 12.1 Å². The first kappa shape index (κ1) is 22.1. The van der Waals surface area contributed by atoms with Crippen LogP contribution in [0.1, 0.15) is 19.3 Å². The minimum atomic E-state index is -0.474. The maximum Gasteiger partial charge on any atom is 0.231 e. The van der Waals surface area contributed by atoms with Crippen LogP contribution in [0.5, 0.6) is 5.75 Å². The molecule has 0 aromatic heterocycles. The molecule has 0 atom stereocenters. The summed E-state index contributed by atoms with van der Waals surface area (Å²) in [5, 5.41) is 0.380. The van der Waals surface area contributed by atoms with Crippen LogP contribution in [0.15, 0.2) is 60.1 Å². The highest BCUT2D eigenvalue weighted by molar-refractivity contribution is 6.37. The van der Waals surface area contributed by atoms with Gasteiger partial charge >= 0.3 is 0 Å². The predicted octanol–water partition coefficient (Wildman–Crippen LogP) is 5.48. The van der Waals surface area contributed by atoms with Gasteiger partial charge in [0.1, 0.15) is 12.1 Å². The maximum atomic E-state index is 13.2. The van der Waals surface area contributed by atoms with Crippen molar-refractivity contribution in [3.63, 3.8) is 0 Å². The second kappa shape index (κ2) is 10.4. The van der Waals surface area contributed by atoms with E-state index in [9.17, 15) is 4.39 Å². The summed E-state index contributed by atoms with van der Waals surface area (Å²) in [5.41, 5.74) is 1.16. The molecule has 31 heavy (non-hydrogen) atoms. The minimum absolute atomic E-state index is 0.190. The molecule has 0 amide bonds. The van der Waals surface area contributed by atoms with E-state index in [4.69, 9.17) is 37.4 Å². The number of nitrogens with zero attached hydrogens (tertiary/aromatic N) is 2. The van der Waals surface area contributed by atoms with Crippen LogP contribution in [-0.2, 0) is 9.47 Å². The fourth-order valence-electron chi connectivity index (χ4n) is 3.71. The molecule has 0 unspecified atom stereocenters. The van der Waals surface area contributed by atoms with Crippen molar-refractivity contribution in [3.05, 3.63) is 76.0 Å². The number of piperazine rings is 1. The average molecular weight is 467 g/mol. The summed E-state index contributed by atoms with van der Waals surface area (Å²) in [6.45, 7) is 4.93. The quantitative estimate of drug-likeness (QED) is 0.496. The van der Waals surface area contributed by atoms with Crippen LogP contribution in [0.2, 0.25) is 10.0 Å². The van der Waals surface area contributed by atoms with E-state index < -0.39 is 5.82 Å². The highest BCUT2D eigenvalue weighted by Crippen LogP contribution is 2.33. The molecule has 0 radical (unpaired) electrons. The average Bonchev–Trinajstić information content (AvgIpc) is 2.79. The van der Waals surface area contributed by atoms with Gasteiger partial charge in [-0.3, -0.25) is 4.90 Å². The lowest BCUT2D eigenvalue weighted by atomic mass is 10.0. The molecule has 1 aromatic rings. The first-order chi connectivity index (χ1) is 15.1. The highest BCUT2D eigenvalue weighted by Gasteiger charge is 2.22. The van der Waals surface area contributed by atoms with Crippen molar-refractivity contribution in [3.8, 4) is 5.75 Å². The fraction of sp³-hybridized carbons (Fsp3) is 0.391. The van der Waals surface area contributed by atoms with Crippen LogP contribution < -0.4 is 4.74 Å². The van der Waals surface area contributed by atoms with Crippen LogP contribution >= 0.6 is 23.2 Å². The molecule has 1 aliphatic carbocycles. The third kappa shape index (κ3) is 5.76. The second-order valence-electron chi connectivity index (χ2n) is 7.56. The maximum absolute atomic E-state index is 13.2. The largest absolute Gasteiger partial charge is 0.490 e. The Morgan fingerprint density at radius 2 is 1.81 bits per heavy atom. The molecule has 166 valence electrons. The Labute approximate surface area is 191 Å². The molecule has 0 bridgehead atoms. The summed E-state index contributed by atoms with van der Waals surface area (Å²) in [4.78, 5) is 4.56. The lowest BCUT2D eigenvalue weighted by molar-refractivity contribution is 0.0823. The van der Waals surface area contributed by atoms with Gasteiger partial charge in [-0.2, -0.15) is 0 Å². The van der Waals surface area contributed by atoms with E-state index in [1.54, 1.807) is 12.5 Å². The number of allylic oxidation sites excluding steroid dienone is 4. The number of benzene rings is 1. The normalized spacial score (nSPS) is 19.2. The Kier molecular flexibility index (Phi) is 7.43. The fourth-order valence-corrected chi connectivity index (χ4v) is 4.28. The summed E-state index contributed by atoms with van der Waals surface area (Å²) < 4.78 is 30.6. The molecule has 5 nitrogen and oxygen atoms in total. The van der Waals surface area contributed by atoms with E-state index in [0.29, 0.717) is 12.4 Å². The Hall–Kier alpha value is -2.15. The molecule has 8 heteroatoms. The van der Waals surface area contributed by atoms with Gasteiger partial charge in [0.15, 0.2) is 17.8 Å². The molecule has 0 N–H and O–H groups in total. The van der Waals surface area contributed by atoms with Gasteiger partial charge in [0, 0.05) is 32.7 Å². The highest BCUT2D eigenvalue weighted by atomic mass is 35.5. The minimum Gasteiger partial charge on any atom is -0.490 e. The van der Waals surface area contributed by atoms with Gasteiger partial charge in [-0.05, 0) is 37.0 Å². The number of hydrogen-bond donors (Lipinski definition) is 0. The third-order valence-corrected chi connectivity index (χ3v) is 5.98. The van der Waals surface area contributed by atoms with Crippen molar-refractivity contribution < 1.29 is 18.6 Å². The molecular formula is C23H25Cl2FN2O3. The van der Waals surface area contributed by atoms with Crippen molar-refractivity contribution in [2.75, 3.05) is 39.3 Å². The molecule has 1 saturated heterocycles. The van der Waals surface area contributed by atoms with Gasteiger partial charge in [-0.1, -0.05) is 41.4 Å². The van der Waals surface area contributed by atoms with Crippen LogP contribution in [-0.4, -0.2) is 49.1 Å². The van der Waals surface area contributed by atoms with Gasteiger partial charge in [-0.15, -0.1) is 0 Å². The zero-order chi connectivity index (χ0) is 21.6. The predicted molar refractivity (Wildman–Crippen MR) is 119 cm³/mol. The number of hydrogen-bond acceptors (Lipinski definition) is 5. The Bertz CT molecular complexity index is 898. The van der Waals surface area contributed by atoms with Gasteiger partial charge in [-0.25, -0.2) is 4.39 Å². The number of halogens is 3. The summed E-state index contributed by atoms with van der Waals surface area (Å²) >= 11 is 12.0. The number of ether oxygens (including phenoxy) is 3. The van der Waals surface area contributed by atoms with E-state index in [1.807, 2.05) is 0 Å². The molecule has 2 aliphatic heterocycles. The van der Waals surface area contributed by atoms with E-state index in [2.05, 4.69) is 28.0 Å². The zero-order valence-electron chi connectivity index (χ0n) is 17.2. The zero-order valence-corrected chi connectivity index (χ0v) is 18.7. The first-order valence-electron chi connectivity index (χ1n) is 10.4. The molecule has 0 saturated carbocycles. The van der Waals surface area contributed by atoms with Crippen LogP contribution in [0.25, 0.3) is 0 Å². The summed E-state index contributed by atoms with van der Waals surface area (Å²) in [6.07, 6.45) is 12.5. The molecular weight excluding hydrogens is 442 g/mol. The van der Waals surface area contributed by atoms with E-state index in [0.717, 1.165) is 69.2 Å². The molecule has 3 aliphatic rings. The van der Waals surface area contributed by atoms with E-state index in [-0.39, 0.29) is 10.0 Å². The van der Waals surface area contributed by atoms with E-state index >= 15 is 0 Å². The third-order valence-electron chi connectivity index (χ3n) is 5.42. The standard InChI is InChI=1S/C23H25Cl2FN2O3/c24-19-13-18(26)14-20(25)23(19)29-12-4-7-27-8-10-28(11-9-27)22-16-30-21(15-31-22)17-5-2-1-3-6-17/h1-2,5,13-16H,3-4,6-12H2. The molecule has 0 spiro atoms. The smallest absolute Gasteiger partial charge is 0.231 e. The van der Waals surface area contributed by atoms with Crippen molar-refractivity contribution in [1.82, 2.24) is 9.80 Å². The lowest BCUT2D eigenvalue weighted by Gasteiger charge is -2.36. The monoisotopic (exact) mass is 466 g/mol. The number of rotatable bonds is 7. The van der Waals surface area contributed by atoms with Crippen LogP contribution in [0, 0.1) is 5.82 Å². The Morgan fingerprint density at radius 3 is 2.45 bits per heavy atom. The van der Waals surface area contributed by atoms with Gasteiger partial charge in [0.25, 0.3) is 0 Å². The first-order valence-corrected chi connectivity index (χ1v) is 11.2. The van der Waals surface area contributed by atoms with Crippen molar-refractivity contribution >= 4 is 23.2 Å². The topological polar surface area (TPSA) is 34.2 Å². The van der Waals surface area contributed by atoms with Crippen LogP contribution in [0.3, 0.4) is 0 Å². The van der Waals surface area contributed by atoms with Crippen LogP contribution in [0.4, 0.5) is 4.39 Å². The Morgan fingerprint density at radius 1 is 1.03 bits per heavy atom. The summed E-state index contributed by atoms with van der Waals surface area (Å²) in [5.74, 6) is 1.40. The van der Waals surface area contributed by atoms with Gasteiger partial charge < -0.3 is 19.1 Å². The van der Waals surface area contributed by atoms with Gasteiger partial charge in [0.2, 0.25) is 5.88 Å². The second-order valence-corrected chi connectivity index (χ2v) is 8.38. The summed E-state index contributed by atoms with van der Waals surface area (Å²) in [7, 11) is 0. The molecule has 4 rings (SSSR count). The SMILES string of the molecule is Fc1cc(Cl)c(OCCCN2CCN(C3=COC(C4=CC=CCC4)=CO3)CC2)c(Cl)c1. The molecule has 1 fully saturated rings. The van der Waals surface area contributed by atoms with Crippen molar-refractivity contribution in [1.29, 1.82) is 0 Å². The Balaban J connectivity index is 1.17. The van der Waals surface area contributed by atoms with Gasteiger partial charge in [0.05, 0.1) is 16.7 Å². The van der Waals surface area contributed by atoms with Crippen molar-refractivity contribution in [2.45, 2.75) is 19.3 Å². The molecule has 1 aromatic carbocycles. The lowest BCUT2D eigenvalue weighted by Crippen LogP contribution is -2.46. The summed E-state index contributed by atoms with van der Waals surface area (Å²) in [6, 6.07) is 2.41.